The highest BCUT2D eigenvalue weighted by molar-refractivity contribution is 6.04. The summed E-state index contributed by atoms with van der Waals surface area (Å²) in [5, 5.41) is 10.4. The van der Waals surface area contributed by atoms with Gasteiger partial charge in [0.05, 0.1) is 17.0 Å². The van der Waals surface area contributed by atoms with Gasteiger partial charge in [-0.05, 0) is 43.0 Å². The van der Waals surface area contributed by atoms with Crippen molar-refractivity contribution in [3.8, 4) is 28.7 Å². The number of allylic oxidation sites excluding steroid dienone is 2. The van der Waals surface area contributed by atoms with Gasteiger partial charge in [-0.15, -0.1) is 0 Å². The molecular formula is C31H24F2N4O. The minimum atomic E-state index is -0.790. The fraction of sp³-hybridized carbons (Fsp3) is 0.258. The summed E-state index contributed by atoms with van der Waals surface area (Å²) in [5.74, 6) is -0.869. The van der Waals surface area contributed by atoms with E-state index < -0.39 is 22.5 Å². The molecule has 2 heterocycles. The zero-order valence-electron chi connectivity index (χ0n) is 21.2. The minimum absolute atomic E-state index is 0.102. The molecule has 2 aliphatic rings. The first-order chi connectivity index (χ1) is 18.2. The van der Waals surface area contributed by atoms with Crippen molar-refractivity contribution in [2.24, 2.45) is 11.3 Å². The number of ketones is 1. The molecule has 0 bridgehead atoms. The molecule has 0 fully saturated rings. The van der Waals surface area contributed by atoms with E-state index >= 15 is 4.39 Å². The molecule has 2 atom stereocenters. The molecule has 0 saturated carbocycles. The molecule has 2 aliphatic carbocycles. The molecule has 0 aliphatic heterocycles. The number of hydrogen-bond acceptors (Lipinski definition) is 5. The van der Waals surface area contributed by atoms with E-state index in [1.54, 1.807) is 42.5 Å². The van der Waals surface area contributed by atoms with Crippen LogP contribution >= 0.6 is 0 Å². The van der Waals surface area contributed by atoms with Gasteiger partial charge in [-0.3, -0.25) is 9.78 Å². The molecule has 0 spiro atoms. The van der Waals surface area contributed by atoms with Crippen LogP contribution in [0.5, 0.6) is 0 Å². The van der Waals surface area contributed by atoms with Crippen LogP contribution in [0.15, 0.2) is 66.4 Å². The van der Waals surface area contributed by atoms with Gasteiger partial charge in [0.2, 0.25) is 0 Å². The number of fused-ring (bicyclic) bond motifs is 4. The molecule has 7 heteroatoms. The third kappa shape index (κ3) is 3.33. The van der Waals surface area contributed by atoms with E-state index in [2.05, 4.69) is 11.1 Å². The van der Waals surface area contributed by atoms with Crippen molar-refractivity contribution in [3.05, 3.63) is 89.3 Å². The van der Waals surface area contributed by atoms with E-state index in [-0.39, 0.29) is 22.8 Å². The van der Waals surface area contributed by atoms with Crippen molar-refractivity contribution in [1.82, 2.24) is 15.0 Å². The van der Waals surface area contributed by atoms with Crippen molar-refractivity contribution in [2.75, 3.05) is 0 Å². The van der Waals surface area contributed by atoms with Crippen LogP contribution in [0, 0.1) is 34.3 Å². The molecule has 4 aromatic rings. The lowest BCUT2D eigenvalue weighted by atomic mass is 9.52. The normalized spacial score (nSPS) is 21.8. The molecule has 188 valence electrons. The van der Waals surface area contributed by atoms with Gasteiger partial charge in [-0.2, -0.15) is 5.26 Å². The summed E-state index contributed by atoms with van der Waals surface area (Å²) < 4.78 is 29.8. The van der Waals surface area contributed by atoms with Crippen LogP contribution in [0.4, 0.5) is 8.78 Å². The lowest BCUT2D eigenvalue weighted by Crippen LogP contribution is -2.51. The van der Waals surface area contributed by atoms with Crippen LogP contribution < -0.4 is 0 Å². The summed E-state index contributed by atoms with van der Waals surface area (Å²) in [5.41, 5.74) is 1.55. The Labute approximate surface area is 218 Å². The number of carbonyl (C=O) groups is 1. The maximum Gasteiger partial charge on any atom is 0.178 e. The summed E-state index contributed by atoms with van der Waals surface area (Å²) in [6.07, 6.45) is 4.45. The fourth-order valence-electron chi connectivity index (χ4n) is 6.48. The standard InChI is InChI=1S/C31H24F2N4O/c1-30(2)24-12-11-21-25(20-7-4-5-9-22(20)32)36-29(19-13-14-35-26-18(19)8-6-10-23(26)33)37-27(21)31(24,3)15-17(16-34)28(30)38/h4-10,13-15,24H,11-12H2,1-3H3/t24-,31-/m1/s1. The molecular weight excluding hydrogens is 482 g/mol. The van der Waals surface area contributed by atoms with Gasteiger partial charge in [0.25, 0.3) is 0 Å². The highest BCUT2D eigenvalue weighted by Crippen LogP contribution is 2.55. The zero-order chi connectivity index (χ0) is 26.8. The van der Waals surface area contributed by atoms with Gasteiger partial charge in [-0.25, -0.2) is 18.7 Å². The van der Waals surface area contributed by atoms with E-state index in [0.717, 1.165) is 5.56 Å². The van der Waals surface area contributed by atoms with Crippen LogP contribution in [0.2, 0.25) is 0 Å². The Bertz CT molecular complexity index is 1740. The molecule has 0 saturated heterocycles. The second-order valence-corrected chi connectivity index (χ2v) is 10.8. The Hall–Kier alpha value is -4.31. The van der Waals surface area contributed by atoms with E-state index in [1.807, 2.05) is 20.8 Å². The summed E-state index contributed by atoms with van der Waals surface area (Å²) >= 11 is 0. The molecule has 2 aromatic carbocycles. The number of para-hydroxylation sites is 1. The average molecular weight is 507 g/mol. The van der Waals surface area contributed by atoms with Gasteiger partial charge in [0.1, 0.15) is 23.2 Å². The number of nitrogens with zero attached hydrogens (tertiary/aromatic N) is 4. The lowest BCUT2D eigenvalue weighted by molar-refractivity contribution is -0.128. The number of pyridine rings is 1. The molecule has 6 rings (SSSR count). The van der Waals surface area contributed by atoms with E-state index in [0.29, 0.717) is 46.6 Å². The fourth-order valence-corrected chi connectivity index (χ4v) is 6.48. The number of aromatic nitrogens is 3. The van der Waals surface area contributed by atoms with Crippen LogP contribution in [-0.4, -0.2) is 20.7 Å². The predicted octanol–water partition coefficient (Wildman–Crippen LogP) is 6.52. The Morgan fingerprint density at radius 3 is 2.50 bits per heavy atom. The molecule has 5 nitrogen and oxygen atoms in total. The molecule has 2 aromatic heterocycles. The first-order valence-electron chi connectivity index (χ1n) is 12.5. The number of nitriles is 1. The summed E-state index contributed by atoms with van der Waals surface area (Å²) in [7, 11) is 0. The zero-order valence-corrected chi connectivity index (χ0v) is 21.2. The molecule has 38 heavy (non-hydrogen) atoms. The smallest absolute Gasteiger partial charge is 0.178 e. The Morgan fingerprint density at radius 2 is 1.74 bits per heavy atom. The predicted molar refractivity (Wildman–Crippen MR) is 140 cm³/mol. The van der Waals surface area contributed by atoms with E-state index in [9.17, 15) is 14.4 Å². The highest BCUT2D eigenvalue weighted by Gasteiger charge is 2.55. The van der Waals surface area contributed by atoms with Gasteiger partial charge < -0.3 is 0 Å². The number of carbonyl (C=O) groups excluding carboxylic acids is 1. The lowest BCUT2D eigenvalue weighted by Gasteiger charge is -2.50. The SMILES string of the molecule is CC1(C)C(=O)C(C#N)=C[C@@]2(C)c3nc(-c4ccnc5c(F)cccc45)nc(-c4ccccc4F)c3CC[C@H]12. The second-order valence-electron chi connectivity index (χ2n) is 10.8. The number of halogens is 2. The Morgan fingerprint density at radius 1 is 0.974 bits per heavy atom. The number of Topliss-reactive ketones (excluding diaryl/α,β-unsaturated/α-hetero) is 1. The van der Waals surface area contributed by atoms with Gasteiger partial charge in [-0.1, -0.05) is 51.1 Å². The topological polar surface area (TPSA) is 79.5 Å². The second kappa shape index (κ2) is 8.35. The minimum Gasteiger partial charge on any atom is -0.293 e. The molecule has 0 N–H and O–H groups in total. The first-order valence-corrected chi connectivity index (χ1v) is 12.5. The van der Waals surface area contributed by atoms with Crippen LogP contribution in [0.1, 0.15) is 38.4 Å². The van der Waals surface area contributed by atoms with Crippen LogP contribution in [0.3, 0.4) is 0 Å². The van der Waals surface area contributed by atoms with Crippen molar-refractivity contribution in [2.45, 2.75) is 39.0 Å². The van der Waals surface area contributed by atoms with Crippen molar-refractivity contribution in [3.63, 3.8) is 0 Å². The average Bonchev–Trinajstić information content (AvgIpc) is 2.91. The van der Waals surface area contributed by atoms with Gasteiger partial charge in [0.15, 0.2) is 11.6 Å². The van der Waals surface area contributed by atoms with Gasteiger partial charge >= 0.3 is 0 Å². The van der Waals surface area contributed by atoms with Crippen molar-refractivity contribution in [1.29, 1.82) is 5.26 Å². The first kappa shape index (κ1) is 24.1. The van der Waals surface area contributed by atoms with E-state index in [1.165, 1.54) is 18.3 Å². The van der Waals surface area contributed by atoms with E-state index in [4.69, 9.17) is 9.97 Å². The highest BCUT2D eigenvalue weighted by atomic mass is 19.1. The van der Waals surface area contributed by atoms with Crippen LogP contribution in [-0.2, 0) is 16.6 Å². The molecule has 0 amide bonds. The number of hydrogen-bond donors (Lipinski definition) is 0. The quantitative estimate of drug-likeness (QED) is 0.309. The number of rotatable bonds is 2. The Balaban J connectivity index is 1.71. The number of benzene rings is 2. The summed E-state index contributed by atoms with van der Waals surface area (Å²) in [4.78, 5) is 27.3. The van der Waals surface area contributed by atoms with Crippen molar-refractivity contribution < 1.29 is 13.6 Å². The summed E-state index contributed by atoms with van der Waals surface area (Å²) in [6, 6.07) is 15.0. The monoisotopic (exact) mass is 506 g/mol. The third-order valence-electron chi connectivity index (χ3n) is 8.28. The third-order valence-corrected chi connectivity index (χ3v) is 8.28. The maximum atomic E-state index is 15.2. The maximum absolute atomic E-state index is 15.2. The largest absolute Gasteiger partial charge is 0.293 e. The Kier molecular flexibility index (Phi) is 5.29. The summed E-state index contributed by atoms with van der Waals surface area (Å²) in [6.45, 7) is 5.76. The van der Waals surface area contributed by atoms with Crippen molar-refractivity contribution >= 4 is 16.7 Å². The van der Waals surface area contributed by atoms with Crippen LogP contribution in [0.25, 0.3) is 33.5 Å². The van der Waals surface area contributed by atoms with Gasteiger partial charge in [0, 0.05) is 39.1 Å². The molecule has 0 radical (unpaired) electrons. The molecule has 0 unspecified atom stereocenters.